The van der Waals surface area contributed by atoms with Crippen LogP contribution in [0.3, 0.4) is 0 Å². The average Bonchev–Trinajstić information content (AvgIpc) is 2.86. The standard InChI is InChI=1S/C14H16N4O3/c1-17(8-11-5-3-2-4-6-11)13(19)10-18-9-12(15-16-18)7-14(20)21/h2-6,9H,7-8,10H2,1H3,(H,20,21). The van der Waals surface area contributed by atoms with Crippen LogP contribution in [-0.2, 0) is 29.1 Å². The third kappa shape index (κ3) is 4.41. The summed E-state index contributed by atoms with van der Waals surface area (Å²) in [5.41, 5.74) is 1.37. The number of carboxylic acids is 1. The first-order valence-electron chi connectivity index (χ1n) is 6.43. The zero-order valence-electron chi connectivity index (χ0n) is 11.6. The Morgan fingerprint density at radius 1 is 1.29 bits per heavy atom. The number of carbonyl (C=O) groups excluding carboxylic acids is 1. The molecule has 1 aromatic heterocycles. The van der Waals surface area contributed by atoms with E-state index in [0.717, 1.165) is 5.56 Å². The highest BCUT2D eigenvalue weighted by Crippen LogP contribution is 2.04. The number of amides is 1. The van der Waals surface area contributed by atoms with Crippen molar-refractivity contribution in [3.05, 3.63) is 47.8 Å². The summed E-state index contributed by atoms with van der Waals surface area (Å²) in [7, 11) is 1.71. The van der Waals surface area contributed by atoms with E-state index in [9.17, 15) is 9.59 Å². The monoisotopic (exact) mass is 288 g/mol. The minimum absolute atomic E-state index is 0.0377. The number of carbonyl (C=O) groups is 2. The summed E-state index contributed by atoms with van der Waals surface area (Å²) in [5.74, 6) is -1.10. The summed E-state index contributed by atoms with van der Waals surface area (Å²) in [6.45, 7) is 0.548. The lowest BCUT2D eigenvalue weighted by Crippen LogP contribution is -2.29. The van der Waals surface area contributed by atoms with Crippen LogP contribution in [0.5, 0.6) is 0 Å². The molecule has 0 bridgehead atoms. The number of likely N-dealkylation sites (N-methyl/N-ethyl adjacent to an activating group) is 1. The molecule has 1 N–H and O–H groups in total. The molecule has 0 saturated carbocycles. The Balaban J connectivity index is 1.91. The van der Waals surface area contributed by atoms with Crippen molar-refractivity contribution in [3.8, 4) is 0 Å². The van der Waals surface area contributed by atoms with Gasteiger partial charge in [-0.1, -0.05) is 35.5 Å². The van der Waals surface area contributed by atoms with E-state index in [4.69, 9.17) is 5.11 Å². The molecule has 2 aromatic rings. The zero-order valence-corrected chi connectivity index (χ0v) is 11.6. The van der Waals surface area contributed by atoms with Gasteiger partial charge in [0.05, 0.1) is 12.1 Å². The molecule has 7 heteroatoms. The summed E-state index contributed by atoms with van der Waals surface area (Å²) in [4.78, 5) is 24.2. The number of aliphatic carboxylic acids is 1. The Hall–Kier alpha value is -2.70. The van der Waals surface area contributed by atoms with Crippen molar-refractivity contribution in [2.24, 2.45) is 0 Å². The number of benzene rings is 1. The normalized spacial score (nSPS) is 10.3. The van der Waals surface area contributed by atoms with Crippen LogP contribution in [0.2, 0.25) is 0 Å². The summed E-state index contributed by atoms with van der Waals surface area (Å²) in [6.07, 6.45) is 1.27. The Morgan fingerprint density at radius 2 is 2.00 bits per heavy atom. The molecule has 0 aliphatic rings. The fourth-order valence-corrected chi connectivity index (χ4v) is 1.86. The van der Waals surface area contributed by atoms with E-state index in [0.29, 0.717) is 12.2 Å². The topological polar surface area (TPSA) is 88.3 Å². The Labute approximate surface area is 121 Å². The van der Waals surface area contributed by atoms with E-state index in [1.807, 2.05) is 30.3 Å². The maximum atomic E-state index is 12.1. The third-order valence-corrected chi connectivity index (χ3v) is 2.90. The lowest BCUT2D eigenvalue weighted by atomic mass is 10.2. The smallest absolute Gasteiger partial charge is 0.309 e. The molecule has 0 aliphatic heterocycles. The van der Waals surface area contributed by atoms with Crippen molar-refractivity contribution in [2.75, 3.05) is 7.05 Å². The summed E-state index contributed by atoms with van der Waals surface area (Å²) < 4.78 is 1.35. The van der Waals surface area contributed by atoms with E-state index in [1.165, 1.54) is 10.9 Å². The quantitative estimate of drug-likeness (QED) is 0.839. The maximum absolute atomic E-state index is 12.1. The van der Waals surface area contributed by atoms with Crippen LogP contribution < -0.4 is 0 Å². The van der Waals surface area contributed by atoms with Gasteiger partial charge in [0.25, 0.3) is 0 Å². The molecule has 1 amide bonds. The van der Waals surface area contributed by atoms with Gasteiger partial charge in [0, 0.05) is 19.8 Å². The fourth-order valence-electron chi connectivity index (χ4n) is 1.86. The van der Waals surface area contributed by atoms with E-state index in [-0.39, 0.29) is 18.9 Å². The van der Waals surface area contributed by atoms with Gasteiger partial charge in [-0.25, -0.2) is 4.68 Å². The molecule has 0 aliphatic carbocycles. The van der Waals surface area contributed by atoms with Crippen molar-refractivity contribution < 1.29 is 14.7 Å². The minimum Gasteiger partial charge on any atom is -0.481 e. The number of nitrogens with zero attached hydrogens (tertiary/aromatic N) is 4. The molecule has 110 valence electrons. The molecule has 0 radical (unpaired) electrons. The Morgan fingerprint density at radius 3 is 2.67 bits per heavy atom. The lowest BCUT2D eigenvalue weighted by molar-refractivity contribution is -0.136. The van der Waals surface area contributed by atoms with Crippen LogP contribution >= 0.6 is 0 Å². The van der Waals surface area contributed by atoms with Gasteiger partial charge in [-0.05, 0) is 5.56 Å². The zero-order chi connectivity index (χ0) is 15.2. The first-order valence-corrected chi connectivity index (χ1v) is 6.43. The van der Waals surface area contributed by atoms with E-state index >= 15 is 0 Å². The minimum atomic E-state index is -0.977. The van der Waals surface area contributed by atoms with Gasteiger partial charge in [0.1, 0.15) is 6.54 Å². The number of carboxylic acid groups (broad SMARTS) is 1. The van der Waals surface area contributed by atoms with Crippen LogP contribution in [0.4, 0.5) is 0 Å². The van der Waals surface area contributed by atoms with Crippen LogP contribution in [0.15, 0.2) is 36.5 Å². The average molecular weight is 288 g/mol. The number of aromatic nitrogens is 3. The largest absolute Gasteiger partial charge is 0.481 e. The lowest BCUT2D eigenvalue weighted by Gasteiger charge is -2.17. The SMILES string of the molecule is CN(Cc1ccccc1)C(=O)Cn1cc(CC(=O)O)nn1. The maximum Gasteiger partial charge on any atom is 0.309 e. The first kappa shape index (κ1) is 14.7. The molecule has 7 nitrogen and oxygen atoms in total. The highest BCUT2D eigenvalue weighted by atomic mass is 16.4. The molecule has 0 atom stereocenters. The van der Waals surface area contributed by atoms with Crippen LogP contribution in [0.1, 0.15) is 11.3 Å². The molecule has 2 rings (SSSR count). The Kier molecular flexibility index (Phi) is 4.65. The van der Waals surface area contributed by atoms with Crippen LogP contribution in [0, 0.1) is 0 Å². The number of hydrogen-bond donors (Lipinski definition) is 1. The van der Waals surface area contributed by atoms with Crippen molar-refractivity contribution in [1.29, 1.82) is 0 Å². The number of hydrogen-bond acceptors (Lipinski definition) is 4. The highest BCUT2D eigenvalue weighted by Gasteiger charge is 2.12. The summed E-state index contributed by atoms with van der Waals surface area (Å²) in [5, 5.41) is 16.1. The molecule has 21 heavy (non-hydrogen) atoms. The van der Waals surface area contributed by atoms with E-state index in [1.54, 1.807) is 11.9 Å². The third-order valence-electron chi connectivity index (χ3n) is 2.90. The molecule has 0 unspecified atom stereocenters. The van der Waals surface area contributed by atoms with Gasteiger partial charge < -0.3 is 10.0 Å². The van der Waals surface area contributed by atoms with Crippen LogP contribution in [-0.4, -0.2) is 43.9 Å². The molecular weight excluding hydrogens is 272 g/mol. The van der Waals surface area contributed by atoms with Gasteiger partial charge in [0.2, 0.25) is 5.91 Å². The van der Waals surface area contributed by atoms with Gasteiger partial charge in [-0.2, -0.15) is 0 Å². The van der Waals surface area contributed by atoms with Crippen LogP contribution in [0.25, 0.3) is 0 Å². The van der Waals surface area contributed by atoms with Gasteiger partial charge in [-0.15, -0.1) is 5.10 Å². The van der Waals surface area contributed by atoms with Gasteiger partial charge in [-0.3, -0.25) is 9.59 Å². The Bertz CT molecular complexity index is 624. The molecule has 0 saturated heterocycles. The van der Waals surface area contributed by atoms with Crippen molar-refractivity contribution in [2.45, 2.75) is 19.5 Å². The predicted octanol–water partition coefficient (Wildman–Crippen LogP) is 0.564. The second kappa shape index (κ2) is 6.65. The van der Waals surface area contributed by atoms with Crippen molar-refractivity contribution in [1.82, 2.24) is 19.9 Å². The second-order valence-electron chi connectivity index (χ2n) is 4.71. The summed E-state index contributed by atoms with van der Waals surface area (Å²) >= 11 is 0. The van der Waals surface area contributed by atoms with Gasteiger partial charge in [0.15, 0.2) is 0 Å². The fraction of sp³-hybridized carbons (Fsp3) is 0.286. The van der Waals surface area contributed by atoms with Gasteiger partial charge >= 0.3 is 5.97 Å². The van der Waals surface area contributed by atoms with Crippen molar-refractivity contribution >= 4 is 11.9 Å². The predicted molar refractivity (Wildman–Crippen MR) is 74.3 cm³/mol. The highest BCUT2D eigenvalue weighted by molar-refractivity contribution is 5.75. The van der Waals surface area contributed by atoms with E-state index in [2.05, 4.69) is 10.3 Å². The second-order valence-corrected chi connectivity index (χ2v) is 4.71. The summed E-state index contributed by atoms with van der Waals surface area (Å²) in [6, 6.07) is 9.66. The molecule has 0 spiro atoms. The molecular formula is C14H16N4O3. The number of rotatable bonds is 6. The van der Waals surface area contributed by atoms with E-state index < -0.39 is 5.97 Å². The molecule has 1 heterocycles. The van der Waals surface area contributed by atoms with Crippen molar-refractivity contribution in [3.63, 3.8) is 0 Å². The molecule has 0 fully saturated rings. The molecule has 1 aromatic carbocycles. The first-order chi connectivity index (χ1) is 10.0.